The lowest BCUT2D eigenvalue weighted by Crippen LogP contribution is -2.14. The number of benzene rings is 1. The van der Waals surface area contributed by atoms with Crippen molar-refractivity contribution in [3.63, 3.8) is 0 Å². The lowest BCUT2D eigenvalue weighted by molar-refractivity contribution is -0.115. The van der Waals surface area contributed by atoms with E-state index in [4.69, 9.17) is 4.42 Å². The third kappa shape index (κ3) is 3.51. The van der Waals surface area contributed by atoms with Crippen LogP contribution in [0.15, 0.2) is 40.9 Å². The molecule has 0 bridgehead atoms. The Kier molecular flexibility index (Phi) is 4.41. The van der Waals surface area contributed by atoms with Crippen LogP contribution < -0.4 is 5.32 Å². The third-order valence-electron chi connectivity index (χ3n) is 3.72. The summed E-state index contributed by atoms with van der Waals surface area (Å²) in [5, 5.41) is 14.4. The molecule has 1 aromatic carbocycles. The first kappa shape index (κ1) is 15.9. The maximum atomic E-state index is 12.1. The highest BCUT2D eigenvalue weighted by molar-refractivity contribution is 5.90. The Morgan fingerprint density at radius 3 is 2.58 bits per heavy atom. The summed E-state index contributed by atoms with van der Waals surface area (Å²) in [6, 6.07) is 9.85. The zero-order chi connectivity index (χ0) is 17.1. The van der Waals surface area contributed by atoms with Crippen LogP contribution >= 0.6 is 0 Å². The monoisotopic (exact) mass is 325 g/mol. The second kappa shape index (κ2) is 6.66. The van der Waals surface area contributed by atoms with E-state index in [1.165, 1.54) is 5.56 Å². The fourth-order valence-electron chi connectivity index (χ4n) is 2.33. The molecule has 1 N–H and O–H groups in total. The molecule has 0 radical (unpaired) electrons. The summed E-state index contributed by atoms with van der Waals surface area (Å²) in [4.78, 5) is 12.1. The normalized spacial score (nSPS) is 11.0. The molecule has 124 valence electrons. The van der Waals surface area contributed by atoms with Crippen molar-refractivity contribution in [2.24, 2.45) is 7.05 Å². The lowest BCUT2D eigenvalue weighted by Gasteiger charge is -2.06. The first-order valence-corrected chi connectivity index (χ1v) is 7.73. The number of carbonyl (C=O) groups is 1. The number of hydrogen-bond donors (Lipinski definition) is 1. The van der Waals surface area contributed by atoms with Crippen molar-refractivity contribution in [1.82, 2.24) is 20.0 Å². The Morgan fingerprint density at radius 1 is 1.21 bits per heavy atom. The minimum atomic E-state index is -0.201. The number of amides is 1. The third-order valence-corrected chi connectivity index (χ3v) is 3.72. The predicted molar refractivity (Wildman–Crippen MR) is 89.4 cm³/mol. The van der Waals surface area contributed by atoms with E-state index < -0.39 is 0 Å². The van der Waals surface area contributed by atoms with Gasteiger partial charge in [-0.05, 0) is 23.1 Å². The second-order valence-electron chi connectivity index (χ2n) is 5.87. The molecule has 7 nitrogen and oxygen atoms in total. The molecule has 2 heterocycles. The van der Waals surface area contributed by atoms with Crippen LogP contribution in [0.3, 0.4) is 0 Å². The van der Waals surface area contributed by atoms with Crippen molar-refractivity contribution in [2.45, 2.75) is 26.2 Å². The summed E-state index contributed by atoms with van der Waals surface area (Å²) in [5.41, 5.74) is 2.87. The standard InChI is InChI=1S/C17H19N5O2/c1-11(2)13-6-4-12(5-7-13)10-15(23)19-17-21-20-16(24-17)14-8-9-18-22(14)3/h4-9,11H,10H2,1-3H3,(H,19,21,23). The van der Waals surface area contributed by atoms with E-state index in [0.29, 0.717) is 17.5 Å². The molecule has 0 aliphatic carbocycles. The summed E-state index contributed by atoms with van der Waals surface area (Å²) in [6.07, 6.45) is 1.89. The highest BCUT2D eigenvalue weighted by Crippen LogP contribution is 2.19. The van der Waals surface area contributed by atoms with Crippen LogP contribution in [-0.4, -0.2) is 25.9 Å². The van der Waals surface area contributed by atoms with E-state index in [-0.39, 0.29) is 18.3 Å². The highest BCUT2D eigenvalue weighted by Gasteiger charge is 2.14. The summed E-state index contributed by atoms with van der Waals surface area (Å²) < 4.78 is 7.07. The molecule has 0 aliphatic heterocycles. The SMILES string of the molecule is CC(C)c1ccc(CC(=O)Nc2nnc(-c3ccnn3C)o2)cc1. The molecular formula is C17H19N5O2. The van der Waals surface area contributed by atoms with E-state index in [0.717, 1.165) is 5.56 Å². The second-order valence-corrected chi connectivity index (χ2v) is 5.87. The van der Waals surface area contributed by atoms with Crippen LogP contribution in [0.25, 0.3) is 11.6 Å². The van der Waals surface area contributed by atoms with E-state index >= 15 is 0 Å². The zero-order valence-electron chi connectivity index (χ0n) is 13.9. The maximum Gasteiger partial charge on any atom is 0.322 e. The van der Waals surface area contributed by atoms with Gasteiger partial charge in [-0.25, -0.2) is 0 Å². The van der Waals surface area contributed by atoms with Gasteiger partial charge in [0.1, 0.15) is 5.69 Å². The molecule has 24 heavy (non-hydrogen) atoms. The fraction of sp³-hybridized carbons (Fsp3) is 0.294. The molecule has 2 aromatic heterocycles. The first-order chi connectivity index (χ1) is 11.5. The topological polar surface area (TPSA) is 85.8 Å². The van der Waals surface area contributed by atoms with Crippen molar-refractivity contribution in [1.29, 1.82) is 0 Å². The van der Waals surface area contributed by atoms with Crippen molar-refractivity contribution in [2.75, 3.05) is 5.32 Å². The Hall–Kier alpha value is -2.96. The Balaban J connectivity index is 1.63. The fourth-order valence-corrected chi connectivity index (χ4v) is 2.33. The summed E-state index contributed by atoms with van der Waals surface area (Å²) in [7, 11) is 1.78. The van der Waals surface area contributed by atoms with Crippen molar-refractivity contribution in [3.05, 3.63) is 47.7 Å². The number of aromatic nitrogens is 4. The average Bonchev–Trinajstić information content (AvgIpc) is 3.16. The van der Waals surface area contributed by atoms with Crippen molar-refractivity contribution >= 4 is 11.9 Å². The molecule has 0 fully saturated rings. The molecule has 0 saturated carbocycles. The molecule has 0 aliphatic rings. The minimum absolute atomic E-state index is 0.0787. The lowest BCUT2D eigenvalue weighted by atomic mass is 10.0. The van der Waals surface area contributed by atoms with Crippen molar-refractivity contribution < 1.29 is 9.21 Å². The number of nitrogens with zero attached hydrogens (tertiary/aromatic N) is 4. The predicted octanol–water partition coefficient (Wildman–Crippen LogP) is 2.77. The molecule has 0 spiro atoms. The molecular weight excluding hydrogens is 306 g/mol. The summed E-state index contributed by atoms with van der Waals surface area (Å²) >= 11 is 0. The van der Waals surface area contributed by atoms with Gasteiger partial charge in [-0.3, -0.25) is 14.8 Å². The van der Waals surface area contributed by atoms with Gasteiger partial charge in [0.15, 0.2) is 0 Å². The smallest absolute Gasteiger partial charge is 0.322 e. The van der Waals surface area contributed by atoms with Gasteiger partial charge in [-0.2, -0.15) is 5.10 Å². The van der Waals surface area contributed by atoms with Gasteiger partial charge in [0, 0.05) is 13.2 Å². The van der Waals surface area contributed by atoms with E-state index in [1.807, 2.05) is 24.3 Å². The molecule has 3 aromatic rings. The first-order valence-electron chi connectivity index (χ1n) is 7.73. The van der Waals surface area contributed by atoms with Crippen LogP contribution in [0.2, 0.25) is 0 Å². The minimum Gasteiger partial charge on any atom is -0.401 e. The molecule has 0 saturated heterocycles. The molecule has 3 rings (SSSR count). The Bertz CT molecular complexity index is 833. The number of aryl methyl sites for hydroxylation is 1. The Morgan fingerprint density at radius 2 is 1.96 bits per heavy atom. The van der Waals surface area contributed by atoms with Gasteiger partial charge in [-0.1, -0.05) is 43.2 Å². The number of anilines is 1. The molecule has 0 atom stereocenters. The maximum absolute atomic E-state index is 12.1. The largest absolute Gasteiger partial charge is 0.401 e. The Labute approximate surface area is 139 Å². The van der Waals surface area contributed by atoms with Crippen LogP contribution in [0.1, 0.15) is 30.9 Å². The van der Waals surface area contributed by atoms with E-state index in [2.05, 4.69) is 34.5 Å². The highest BCUT2D eigenvalue weighted by atomic mass is 16.4. The van der Waals surface area contributed by atoms with Gasteiger partial charge >= 0.3 is 6.01 Å². The molecule has 1 amide bonds. The van der Waals surface area contributed by atoms with Gasteiger partial charge in [0.2, 0.25) is 5.91 Å². The number of carbonyl (C=O) groups excluding carboxylic acids is 1. The summed E-state index contributed by atoms with van der Waals surface area (Å²) in [6.45, 7) is 4.27. The van der Waals surface area contributed by atoms with Crippen molar-refractivity contribution in [3.8, 4) is 11.6 Å². The van der Waals surface area contributed by atoms with Crippen LogP contribution in [0, 0.1) is 0 Å². The molecule has 0 unspecified atom stereocenters. The van der Waals surface area contributed by atoms with Crippen LogP contribution in [-0.2, 0) is 18.3 Å². The average molecular weight is 325 g/mol. The van der Waals surface area contributed by atoms with Gasteiger partial charge in [-0.15, -0.1) is 5.10 Å². The number of hydrogen-bond acceptors (Lipinski definition) is 5. The zero-order valence-corrected chi connectivity index (χ0v) is 13.9. The van der Waals surface area contributed by atoms with Gasteiger partial charge in [0.05, 0.1) is 6.42 Å². The summed E-state index contributed by atoms with van der Waals surface area (Å²) in [5.74, 6) is 0.579. The van der Waals surface area contributed by atoms with Gasteiger partial charge < -0.3 is 4.42 Å². The van der Waals surface area contributed by atoms with E-state index in [1.54, 1.807) is 24.0 Å². The number of nitrogens with one attached hydrogen (secondary N) is 1. The van der Waals surface area contributed by atoms with Crippen LogP contribution in [0.5, 0.6) is 0 Å². The van der Waals surface area contributed by atoms with E-state index in [9.17, 15) is 4.79 Å². The van der Waals surface area contributed by atoms with Crippen LogP contribution in [0.4, 0.5) is 6.01 Å². The quantitative estimate of drug-likeness (QED) is 0.779. The number of rotatable bonds is 5. The van der Waals surface area contributed by atoms with Gasteiger partial charge in [0.25, 0.3) is 5.89 Å². The molecule has 7 heteroatoms.